The molecule has 2 N–H and O–H groups in total. The number of nitrogens with one attached hydrogen (secondary N) is 1. The highest BCUT2D eigenvalue weighted by atomic mass is 16.4. The van der Waals surface area contributed by atoms with Gasteiger partial charge >= 0.3 is 5.97 Å². The van der Waals surface area contributed by atoms with Crippen molar-refractivity contribution in [1.82, 2.24) is 9.97 Å². The number of carboxylic acid groups (broad SMARTS) is 1. The lowest BCUT2D eigenvalue weighted by Gasteiger charge is -2.18. The summed E-state index contributed by atoms with van der Waals surface area (Å²) >= 11 is 0. The standard InChI is InChI=1S/C12H19N3O2/c1-7(2)10(12(16)17)14-9-5-6-13-11(15-9)8(3)4/h5-8,10H,1-4H3,(H,16,17)(H,13,14,15)/t10-/m0/s1. The second kappa shape index (κ2) is 5.61. The summed E-state index contributed by atoms with van der Waals surface area (Å²) in [5, 5.41) is 12.0. The van der Waals surface area contributed by atoms with E-state index in [4.69, 9.17) is 5.11 Å². The van der Waals surface area contributed by atoms with E-state index < -0.39 is 12.0 Å². The highest BCUT2D eigenvalue weighted by molar-refractivity contribution is 5.77. The van der Waals surface area contributed by atoms with Gasteiger partial charge in [-0.05, 0) is 12.0 Å². The molecule has 0 unspecified atom stereocenters. The minimum Gasteiger partial charge on any atom is -0.480 e. The van der Waals surface area contributed by atoms with Crippen LogP contribution in [0.5, 0.6) is 0 Å². The summed E-state index contributed by atoms with van der Waals surface area (Å²) in [6.45, 7) is 7.71. The van der Waals surface area contributed by atoms with Crippen molar-refractivity contribution < 1.29 is 9.90 Å². The van der Waals surface area contributed by atoms with Crippen LogP contribution in [0.2, 0.25) is 0 Å². The molecule has 1 aromatic rings. The zero-order chi connectivity index (χ0) is 13.0. The van der Waals surface area contributed by atoms with Gasteiger partial charge in [0.1, 0.15) is 17.7 Å². The minimum absolute atomic E-state index is 0.00929. The lowest BCUT2D eigenvalue weighted by Crippen LogP contribution is -2.34. The molecule has 0 saturated heterocycles. The molecule has 0 aliphatic heterocycles. The van der Waals surface area contributed by atoms with Crippen molar-refractivity contribution in [3.8, 4) is 0 Å². The third-order valence-corrected chi connectivity index (χ3v) is 2.43. The molecule has 1 rings (SSSR count). The van der Waals surface area contributed by atoms with Gasteiger partial charge in [-0.1, -0.05) is 27.7 Å². The van der Waals surface area contributed by atoms with Gasteiger partial charge in [-0.2, -0.15) is 0 Å². The van der Waals surface area contributed by atoms with Crippen molar-refractivity contribution in [2.45, 2.75) is 39.7 Å². The Labute approximate surface area is 101 Å². The topological polar surface area (TPSA) is 75.1 Å². The van der Waals surface area contributed by atoms with Gasteiger partial charge < -0.3 is 10.4 Å². The molecule has 5 nitrogen and oxygen atoms in total. The number of hydrogen-bond acceptors (Lipinski definition) is 4. The van der Waals surface area contributed by atoms with Crippen molar-refractivity contribution in [1.29, 1.82) is 0 Å². The molecule has 1 atom stereocenters. The second-order valence-corrected chi connectivity index (χ2v) is 4.66. The Balaban J connectivity index is 2.86. The summed E-state index contributed by atoms with van der Waals surface area (Å²) in [6, 6.07) is 1.05. The summed E-state index contributed by atoms with van der Waals surface area (Å²) < 4.78 is 0. The molecule has 0 bridgehead atoms. The predicted molar refractivity (Wildman–Crippen MR) is 66.0 cm³/mol. The van der Waals surface area contributed by atoms with Crippen LogP contribution in [0.1, 0.15) is 39.4 Å². The summed E-state index contributed by atoms with van der Waals surface area (Å²) in [5.41, 5.74) is 0. The van der Waals surface area contributed by atoms with Gasteiger partial charge in [0.25, 0.3) is 0 Å². The predicted octanol–water partition coefficient (Wildman–Crippen LogP) is 2.12. The quantitative estimate of drug-likeness (QED) is 0.820. The van der Waals surface area contributed by atoms with E-state index in [0.29, 0.717) is 11.6 Å². The summed E-state index contributed by atoms with van der Waals surface area (Å²) in [4.78, 5) is 19.5. The summed E-state index contributed by atoms with van der Waals surface area (Å²) in [7, 11) is 0. The highest BCUT2D eigenvalue weighted by Gasteiger charge is 2.21. The second-order valence-electron chi connectivity index (χ2n) is 4.66. The number of aliphatic carboxylic acids is 1. The van der Waals surface area contributed by atoms with Crippen molar-refractivity contribution in [2.75, 3.05) is 5.32 Å². The number of aromatic nitrogens is 2. The van der Waals surface area contributed by atoms with E-state index in [1.165, 1.54) is 0 Å². The molecular formula is C12H19N3O2. The van der Waals surface area contributed by atoms with Crippen molar-refractivity contribution >= 4 is 11.8 Å². The van der Waals surface area contributed by atoms with Gasteiger partial charge in [-0.25, -0.2) is 14.8 Å². The average Bonchev–Trinajstić information content (AvgIpc) is 2.25. The van der Waals surface area contributed by atoms with E-state index in [1.54, 1.807) is 12.3 Å². The highest BCUT2D eigenvalue weighted by Crippen LogP contribution is 2.14. The number of rotatable bonds is 5. The van der Waals surface area contributed by atoms with E-state index in [9.17, 15) is 4.79 Å². The summed E-state index contributed by atoms with van der Waals surface area (Å²) in [6.07, 6.45) is 1.64. The van der Waals surface area contributed by atoms with E-state index in [1.807, 2.05) is 27.7 Å². The SMILES string of the molecule is CC(C)c1nccc(N[C@H](C(=O)O)C(C)C)n1. The molecule has 1 heterocycles. The maximum atomic E-state index is 11.1. The minimum atomic E-state index is -0.871. The van der Waals surface area contributed by atoms with Crippen LogP contribution >= 0.6 is 0 Å². The normalized spacial score (nSPS) is 12.8. The molecule has 94 valence electrons. The maximum Gasteiger partial charge on any atom is 0.326 e. The van der Waals surface area contributed by atoms with Crippen molar-refractivity contribution in [3.63, 3.8) is 0 Å². The van der Waals surface area contributed by atoms with Crippen LogP contribution in [-0.2, 0) is 4.79 Å². The molecule has 1 aromatic heterocycles. The molecule has 0 aliphatic rings. The molecule has 0 aromatic carbocycles. The Kier molecular flexibility index (Phi) is 4.43. The van der Waals surface area contributed by atoms with E-state index in [0.717, 1.165) is 0 Å². The third-order valence-electron chi connectivity index (χ3n) is 2.43. The Morgan fingerprint density at radius 1 is 1.35 bits per heavy atom. The molecule has 0 aliphatic carbocycles. The first-order valence-corrected chi connectivity index (χ1v) is 5.74. The largest absolute Gasteiger partial charge is 0.480 e. The van der Waals surface area contributed by atoms with E-state index in [2.05, 4.69) is 15.3 Å². The first-order valence-electron chi connectivity index (χ1n) is 5.74. The fourth-order valence-electron chi connectivity index (χ4n) is 1.41. The maximum absolute atomic E-state index is 11.1. The molecule has 5 heteroatoms. The number of anilines is 1. The van der Waals surface area contributed by atoms with Crippen LogP contribution in [0.15, 0.2) is 12.3 Å². The average molecular weight is 237 g/mol. The Hall–Kier alpha value is -1.65. The lowest BCUT2D eigenvalue weighted by molar-refractivity contribution is -0.138. The van der Waals surface area contributed by atoms with Gasteiger partial charge in [0, 0.05) is 12.1 Å². The van der Waals surface area contributed by atoms with Crippen LogP contribution < -0.4 is 5.32 Å². The van der Waals surface area contributed by atoms with Crippen LogP contribution in [0.4, 0.5) is 5.82 Å². The zero-order valence-corrected chi connectivity index (χ0v) is 10.6. The number of carbonyl (C=O) groups is 1. The van der Waals surface area contributed by atoms with Gasteiger partial charge in [0.05, 0.1) is 0 Å². The molecule has 0 spiro atoms. The van der Waals surface area contributed by atoms with Gasteiger partial charge in [-0.3, -0.25) is 0 Å². The third kappa shape index (κ3) is 3.69. The van der Waals surface area contributed by atoms with Crippen LogP contribution in [-0.4, -0.2) is 27.1 Å². The van der Waals surface area contributed by atoms with Gasteiger partial charge in [0.15, 0.2) is 0 Å². The lowest BCUT2D eigenvalue weighted by atomic mass is 10.1. The molecular weight excluding hydrogens is 218 g/mol. The molecule has 17 heavy (non-hydrogen) atoms. The Bertz CT molecular complexity index is 391. The first-order chi connectivity index (χ1) is 7.91. The monoisotopic (exact) mass is 237 g/mol. The van der Waals surface area contributed by atoms with E-state index >= 15 is 0 Å². The van der Waals surface area contributed by atoms with Gasteiger partial charge in [-0.15, -0.1) is 0 Å². The van der Waals surface area contributed by atoms with Crippen molar-refractivity contribution in [2.24, 2.45) is 5.92 Å². The molecule has 0 radical (unpaired) electrons. The zero-order valence-electron chi connectivity index (χ0n) is 10.6. The number of hydrogen-bond donors (Lipinski definition) is 2. The van der Waals surface area contributed by atoms with E-state index in [-0.39, 0.29) is 11.8 Å². The van der Waals surface area contributed by atoms with Crippen molar-refractivity contribution in [3.05, 3.63) is 18.1 Å². The fraction of sp³-hybridized carbons (Fsp3) is 0.583. The van der Waals surface area contributed by atoms with Crippen LogP contribution in [0, 0.1) is 5.92 Å². The van der Waals surface area contributed by atoms with Crippen LogP contribution in [0.3, 0.4) is 0 Å². The Morgan fingerprint density at radius 2 is 2.00 bits per heavy atom. The van der Waals surface area contributed by atoms with Gasteiger partial charge in [0.2, 0.25) is 0 Å². The number of carboxylic acids is 1. The Morgan fingerprint density at radius 3 is 2.47 bits per heavy atom. The molecule has 0 fully saturated rings. The smallest absolute Gasteiger partial charge is 0.326 e. The van der Waals surface area contributed by atoms with Crippen LogP contribution in [0.25, 0.3) is 0 Å². The fourth-order valence-corrected chi connectivity index (χ4v) is 1.41. The first kappa shape index (κ1) is 13.4. The molecule has 0 amide bonds. The summed E-state index contributed by atoms with van der Waals surface area (Å²) in [5.74, 6) is 0.612. The molecule has 0 saturated carbocycles. The number of nitrogens with zero attached hydrogens (tertiary/aromatic N) is 2.